The van der Waals surface area contributed by atoms with E-state index in [2.05, 4.69) is 51.7 Å². The molecule has 1 atom stereocenters. The fourth-order valence-electron chi connectivity index (χ4n) is 4.66. The summed E-state index contributed by atoms with van der Waals surface area (Å²) in [6.07, 6.45) is 8.61. The van der Waals surface area contributed by atoms with E-state index in [0.29, 0.717) is 12.5 Å². The molecule has 2 heterocycles. The normalized spacial score (nSPS) is 20.5. The van der Waals surface area contributed by atoms with Crippen molar-refractivity contribution in [1.82, 2.24) is 20.5 Å². The molecule has 2 aliphatic rings. The fraction of sp³-hybridized carbons (Fsp3) is 0.542. The molecule has 1 aliphatic heterocycles. The molecule has 160 valence electrons. The van der Waals surface area contributed by atoms with E-state index in [1.165, 1.54) is 19.3 Å². The van der Waals surface area contributed by atoms with Crippen molar-refractivity contribution in [3.05, 3.63) is 42.1 Å². The Labute approximate surface area is 179 Å². The monoisotopic (exact) mass is 407 g/mol. The topological polar surface area (TPSA) is 69.6 Å². The first kappa shape index (κ1) is 20.6. The van der Waals surface area contributed by atoms with Gasteiger partial charge >= 0.3 is 0 Å². The molecule has 0 bridgehead atoms. The first-order valence-corrected chi connectivity index (χ1v) is 11.4. The van der Waals surface area contributed by atoms with Crippen molar-refractivity contribution in [2.24, 2.45) is 10.9 Å². The van der Waals surface area contributed by atoms with Gasteiger partial charge in [0.2, 0.25) is 5.91 Å². The van der Waals surface area contributed by atoms with Gasteiger partial charge in [-0.1, -0.05) is 43.5 Å². The molecule has 2 N–H and O–H groups in total. The summed E-state index contributed by atoms with van der Waals surface area (Å²) in [5, 5.41) is 8.03. The predicted molar refractivity (Wildman–Crippen MR) is 121 cm³/mol. The van der Waals surface area contributed by atoms with E-state index in [4.69, 9.17) is 4.99 Å². The zero-order valence-corrected chi connectivity index (χ0v) is 17.9. The number of carbonyl (C=O) groups excluding carboxylic acids is 1. The van der Waals surface area contributed by atoms with E-state index in [9.17, 15) is 4.79 Å². The van der Waals surface area contributed by atoms with Crippen LogP contribution in [-0.4, -0.2) is 47.4 Å². The zero-order chi connectivity index (χ0) is 20.8. The quantitative estimate of drug-likeness (QED) is 0.588. The summed E-state index contributed by atoms with van der Waals surface area (Å²) in [4.78, 5) is 24.2. The first-order valence-electron chi connectivity index (χ1n) is 11.4. The highest BCUT2D eigenvalue weighted by atomic mass is 16.2. The average molecular weight is 408 g/mol. The molecule has 1 aromatic heterocycles. The number of rotatable bonds is 5. The third-order valence-electron chi connectivity index (χ3n) is 6.26. The second-order valence-electron chi connectivity index (χ2n) is 8.44. The molecule has 1 aliphatic carbocycles. The van der Waals surface area contributed by atoms with Crippen LogP contribution in [0.4, 0.5) is 0 Å². The Morgan fingerprint density at radius 1 is 1.17 bits per heavy atom. The van der Waals surface area contributed by atoms with E-state index in [1.807, 2.05) is 12.3 Å². The fourth-order valence-corrected chi connectivity index (χ4v) is 4.66. The van der Waals surface area contributed by atoms with Gasteiger partial charge in [-0.15, -0.1) is 0 Å². The van der Waals surface area contributed by atoms with Crippen molar-refractivity contribution >= 4 is 22.8 Å². The lowest BCUT2D eigenvalue weighted by atomic mass is 9.88. The molecule has 0 radical (unpaired) electrons. The van der Waals surface area contributed by atoms with Crippen LogP contribution in [0.1, 0.15) is 51.0 Å². The number of benzene rings is 1. The van der Waals surface area contributed by atoms with Crippen LogP contribution in [0.3, 0.4) is 0 Å². The lowest BCUT2D eigenvalue weighted by molar-refractivity contribution is -0.135. The van der Waals surface area contributed by atoms with Crippen LogP contribution in [0.2, 0.25) is 0 Å². The number of aromatic nitrogens is 1. The Morgan fingerprint density at radius 2 is 2.00 bits per heavy atom. The smallest absolute Gasteiger partial charge is 0.225 e. The van der Waals surface area contributed by atoms with Gasteiger partial charge < -0.3 is 15.5 Å². The average Bonchev–Trinajstić information content (AvgIpc) is 3.26. The maximum atomic E-state index is 12.8. The summed E-state index contributed by atoms with van der Waals surface area (Å²) in [6.45, 7) is 5.07. The largest absolute Gasteiger partial charge is 0.357 e. The molecule has 1 amide bonds. The molecule has 1 aromatic carbocycles. The molecular formula is C24H33N5O. The van der Waals surface area contributed by atoms with E-state index in [1.54, 1.807) is 0 Å². The summed E-state index contributed by atoms with van der Waals surface area (Å²) in [5.74, 6) is 1.42. The predicted octanol–water partition coefficient (Wildman–Crippen LogP) is 3.47. The lowest BCUT2D eigenvalue weighted by Crippen LogP contribution is -2.45. The molecule has 2 aromatic rings. The Morgan fingerprint density at radius 3 is 2.83 bits per heavy atom. The van der Waals surface area contributed by atoms with Gasteiger partial charge in [-0.05, 0) is 37.8 Å². The van der Waals surface area contributed by atoms with Crippen molar-refractivity contribution in [3.63, 3.8) is 0 Å². The van der Waals surface area contributed by atoms with Crippen LogP contribution >= 0.6 is 0 Å². The highest BCUT2D eigenvalue weighted by Crippen LogP contribution is 2.26. The number of nitrogens with one attached hydrogen (secondary N) is 2. The summed E-state index contributed by atoms with van der Waals surface area (Å²) in [6, 6.07) is 10.5. The van der Waals surface area contributed by atoms with Crippen LogP contribution in [0.25, 0.3) is 10.9 Å². The number of fused-ring (bicyclic) bond motifs is 1. The van der Waals surface area contributed by atoms with E-state index in [-0.39, 0.29) is 12.0 Å². The van der Waals surface area contributed by atoms with Crippen LogP contribution in [0.5, 0.6) is 0 Å². The van der Waals surface area contributed by atoms with Crippen molar-refractivity contribution < 1.29 is 4.79 Å². The number of hydrogen-bond acceptors (Lipinski definition) is 3. The minimum Gasteiger partial charge on any atom is -0.357 e. The van der Waals surface area contributed by atoms with Crippen LogP contribution in [0.15, 0.2) is 41.5 Å². The molecule has 6 heteroatoms. The second-order valence-corrected chi connectivity index (χ2v) is 8.44. The first-order chi connectivity index (χ1) is 14.7. The van der Waals surface area contributed by atoms with Crippen molar-refractivity contribution in [1.29, 1.82) is 0 Å². The number of nitrogens with zero attached hydrogens (tertiary/aromatic N) is 3. The second kappa shape index (κ2) is 9.92. The number of likely N-dealkylation sites (tertiary alicyclic amines) is 1. The van der Waals surface area contributed by atoms with Crippen molar-refractivity contribution in [2.45, 2.75) is 58.0 Å². The van der Waals surface area contributed by atoms with Gasteiger partial charge in [0, 0.05) is 43.2 Å². The minimum absolute atomic E-state index is 0.248. The van der Waals surface area contributed by atoms with Gasteiger partial charge in [-0.2, -0.15) is 0 Å². The number of hydrogen-bond donors (Lipinski definition) is 2. The van der Waals surface area contributed by atoms with Gasteiger partial charge in [0.25, 0.3) is 0 Å². The SMILES string of the molecule is CCNC(=NCc1cccc2cccnc12)NC1CCN(C(=O)C2CCCCC2)C1. The van der Waals surface area contributed by atoms with Gasteiger partial charge in [0.05, 0.1) is 12.1 Å². The Hall–Kier alpha value is -2.63. The van der Waals surface area contributed by atoms with Crippen LogP contribution in [0, 0.1) is 5.92 Å². The number of carbonyl (C=O) groups is 1. The number of pyridine rings is 1. The van der Waals surface area contributed by atoms with Gasteiger partial charge in [0.15, 0.2) is 5.96 Å². The van der Waals surface area contributed by atoms with E-state index < -0.39 is 0 Å². The summed E-state index contributed by atoms with van der Waals surface area (Å²) in [5.41, 5.74) is 2.12. The third kappa shape index (κ3) is 4.91. The Bertz CT molecular complexity index is 885. The van der Waals surface area contributed by atoms with Crippen LogP contribution in [-0.2, 0) is 11.3 Å². The molecule has 1 saturated heterocycles. The highest BCUT2D eigenvalue weighted by Gasteiger charge is 2.31. The summed E-state index contributed by atoms with van der Waals surface area (Å²) >= 11 is 0. The van der Waals surface area contributed by atoms with E-state index >= 15 is 0 Å². The Kier molecular flexibility index (Phi) is 6.82. The van der Waals surface area contributed by atoms with E-state index in [0.717, 1.165) is 61.3 Å². The number of guanidine groups is 1. The molecule has 30 heavy (non-hydrogen) atoms. The number of amides is 1. The Balaban J connectivity index is 1.38. The van der Waals surface area contributed by atoms with Gasteiger partial charge in [0.1, 0.15) is 0 Å². The van der Waals surface area contributed by atoms with Crippen molar-refractivity contribution in [2.75, 3.05) is 19.6 Å². The minimum atomic E-state index is 0.248. The standard InChI is InChI=1S/C24H33N5O/c1-2-25-24(27-16-20-11-6-10-18-12-7-14-26-22(18)20)28-21-13-15-29(17-21)23(30)19-8-4-3-5-9-19/h6-7,10-12,14,19,21H,2-5,8-9,13,15-17H2,1H3,(H2,25,27,28). The maximum Gasteiger partial charge on any atom is 0.225 e. The molecule has 1 saturated carbocycles. The van der Waals surface area contributed by atoms with Crippen molar-refractivity contribution in [3.8, 4) is 0 Å². The molecular weight excluding hydrogens is 374 g/mol. The highest BCUT2D eigenvalue weighted by molar-refractivity contribution is 5.83. The molecule has 1 unspecified atom stereocenters. The molecule has 2 fully saturated rings. The molecule has 4 rings (SSSR count). The third-order valence-corrected chi connectivity index (χ3v) is 6.26. The number of aliphatic imine (C=N–C) groups is 1. The summed E-state index contributed by atoms with van der Waals surface area (Å²) in [7, 11) is 0. The molecule has 0 spiro atoms. The van der Waals surface area contributed by atoms with Gasteiger partial charge in [-0.3, -0.25) is 9.78 Å². The van der Waals surface area contributed by atoms with Gasteiger partial charge in [-0.25, -0.2) is 4.99 Å². The zero-order valence-electron chi connectivity index (χ0n) is 17.9. The molecule has 6 nitrogen and oxygen atoms in total. The van der Waals surface area contributed by atoms with Crippen LogP contribution < -0.4 is 10.6 Å². The summed E-state index contributed by atoms with van der Waals surface area (Å²) < 4.78 is 0. The number of para-hydroxylation sites is 1. The maximum absolute atomic E-state index is 12.8. The lowest BCUT2D eigenvalue weighted by Gasteiger charge is -2.26.